The van der Waals surface area contributed by atoms with Crippen molar-refractivity contribution in [1.82, 2.24) is 4.57 Å². The largest absolute Gasteiger partial charge is 0.444 e. The SMILES string of the molecule is CC(C)c1c(C(=O)Nc2ccccc2)c(-c2ccccc2NC(=O)OC(C)(C)C)c(-c2ccc(F)cc2)n1CCC=O. The number of carbonyl (C=O) groups excluding carboxylic acids is 3. The number of carbonyl (C=O) groups is 3. The van der Waals surface area contributed by atoms with Crippen LogP contribution in [0, 0.1) is 5.82 Å². The van der Waals surface area contributed by atoms with Gasteiger partial charge in [0.25, 0.3) is 5.91 Å². The zero-order valence-corrected chi connectivity index (χ0v) is 24.5. The number of halogens is 1. The lowest BCUT2D eigenvalue weighted by Crippen LogP contribution is -2.27. The molecule has 1 heterocycles. The highest BCUT2D eigenvalue weighted by Gasteiger charge is 2.32. The molecule has 7 nitrogen and oxygen atoms in total. The van der Waals surface area contributed by atoms with E-state index in [0.29, 0.717) is 51.6 Å². The average Bonchev–Trinajstić information content (AvgIpc) is 3.27. The Labute approximate surface area is 245 Å². The standard InChI is InChI=1S/C34H36FN3O4/c1-22(2)30-29(32(40)36-25-12-7-6-8-13-25)28(26-14-9-10-15-27(26)37-33(41)42-34(3,4)5)31(38(30)20-11-21-39)23-16-18-24(35)19-17-23/h6-10,12-19,21-22H,11,20H2,1-5H3,(H,36,40)(H,37,41). The molecule has 218 valence electrons. The number of aldehydes is 1. The molecule has 0 saturated heterocycles. The first-order valence-electron chi connectivity index (χ1n) is 13.9. The van der Waals surface area contributed by atoms with E-state index >= 15 is 0 Å². The van der Waals surface area contributed by atoms with E-state index in [2.05, 4.69) is 10.6 Å². The predicted molar refractivity (Wildman–Crippen MR) is 164 cm³/mol. The summed E-state index contributed by atoms with van der Waals surface area (Å²) in [5.41, 5.74) is 3.87. The molecule has 1 aromatic heterocycles. The van der Waals surface area contributed by atoms with Gasteiger partial charge in [-0.1, -0.05) is 50.2 Å². The van der Waals surface area contributed by atoms with Crippen LogP contribution < -0.4 is 10.6 Å². The monoisotopic (exact) mass is 569 g/mol. The highest BCUT2D eigenvalue weighted by atomic mass is 19.1. The number of rotatable bonds is 9. The number of nitrogens with zero attached hydrogens (tertiary/aromatic N) is 1. The van der Waals surface area contributed by atoms with E-state index in [0.717, 1.165) is 6.29 Å². The van der Waals surface area contributed by atoms with Crippen LogP contribution in [-0.4, -0.2) is 28.5 Å². The summed E-state index contributed by atoms with van der Waals surface area (Å²) in [6, 6.07) is 22.3. The first kappa shape index (κ1) is 30.2. The van der Waals surface area contributed by atoms with Crippen LogP contribution >= 0.6 is 0 Å². The second kappa shape index (κ2) is 12.9. The Hall–Kier alpha value is -4.72. The molecule has 0 radical (unpaired) electrons. The second-order valence-electron chi connectivity index (χ2n) is 11.2. The summed E-state index contributed by atoms with van der Waals surface area (Å²) in [6.07, 6.45) is 0.400. The Balaban J connectivity index is 2.05. The normalized spacial score (nSPS) is 11.3. The molecular weight excluding hydrogens is 533 g/mol. The van der Waals surface area contributed by atoms with E-state index in [1.54, 1.807) is 57.2 Å². The third-order valence-electron chi connectivity index (χ3n) is 6.53. The molecule has 0 aliphatic carbocycles. The van der Waals surface area contributed by atoms with Crippen LogP contribution in [-0.2, 0) is 16.1 Å². The number of nitrogens with one attached hydrogen (secondary N) is 2. The smallest absolute Gasteiger partial charge is 0.412 e. The molecule has 0 bridgehead atoms. The number of ether oxygens (including phenoxy) is 1. The Morgan fingerprint density at radius 2 is 1.57 bits per heavy atom. The van der Waals surface area contributed by atoms with Crippen LogP contribution in [0.2, 0.25) is 0 Å². The fourth-order valence-electron chi connectivity index (χ4n) is 4.99. The van der Waals surface area contributed by atoms with E-state index in [4.69, 9.17) is 4.74 Å². The Morgan fingerprint density at radius 1 is 0.929 bits per heavy atom. The van der Waals surface area contributed by atoms with Gasteiger partial charge in [0.15, 0.2) is 0 Å². The van der Waals surface area contributed by atoms with Crippen molar-refractivity contribution in [2.45, 2.75) is 59.1 Å². The van der Waals surface area contributed by atoms with Gasteiger partial charge in [-0.15, -0.1) is 0 Å². The fraction of sp³-hybridized carbons (Fsp3) is 0.265. The molecule has 4 rings (SSSR count). The number of para-hydroxylation sites is 2. The molecule has 0 aliphatic rings. The molecule has 2 amide bonds. The van der Waals surface area contributed by atoms with Crippen LogP contribution in [0.1, 0.15) is 63.0 Å². The molecular formula is C34H36FN3O4. The number of hydrogen-bond donors (Lipinski definition) is 2. The Morgan fingerprint density at radius 3 is 2.19 bits per heavy atom. The van der Waals surface area contributed by atoms with E-state index in [1.165, 1.54) is 12.1 Å². The van der Waals surface area contributed by atoms with Gasteiger partial charge in [0.05, 0.1) is 16.9 Å². The zero-order valence-electron chi connectivity index (χ0n) is 24.5. The summed E-state index contributed by atoms with van der Waals surface area (Å²) in [4.78, 5) is 38.7. The van der Waals surface area contributed by atoms with E-state index in [1.807, 2.05) is 48.7 Å². The summed E-state index contributed by atoms with van der Waals surface area (Å²) in [7, 11) is 0. The maximum absolute atomic E-state index is 14.2. The van der Waals surface area contributed by atoms with E-state index in [-0.39, 0.29) is 18.2 Å². The minimum atomic E-state index is -0.720. The van der Waals surface area contributed by atoms with Gasteiger partial charge >= 0.3 is 6.09 Å². The van der Waals surface area contributed by atoms with Crippen LogP contribution in [0.3, 0.4) is 0 Å². The van der Waals surface area contributed by atoms with Crippen LogP contribution in [0.25, 0.3) is 22.4 Å². The minimum absolute atomic E-state index is 0.132. The number of anilines is 2. The highest BCUT2D eigenvalue weighted by molar-refractivity contribution is 6.14. The second-order valence-corrected chi connectivity index (χ2v) is 11.2. The van der Waals surface area contributed by atoms with Crippen LogP contribution in [0.5, 0.6) is 0 Å². The maximum atomic E-state index is 14.2. The molecule has 0 unspecified atom stereocenters. The van der Waals surface area contributed by atoms with Gasteiger partial charge in [-0.25, -0.2) is 9.18 Å². The van der Waals surface area contributed by atoms with Gasteiger partial charge in [0, 0.05) is 35.5 Å². The van der Waals surface area contributed by atoms with Crippen molar-refractivity contribution in [3.63, 3.8) is 0 Å². The molecule has 0 fully saturated rings. The Bertz CT molecular complexity index is 1570. The summed E-state index contributed by atoms with van der Waals surface area (Å²) >= 11 is 0. The van der Waals surface area contributed by atoms with Gasteiger partial charge in [0.1, 0.15) is 17.7 Å². The predicted octanol–water partition coefficient (Wildman–Crippen LogP) is 8.27. The molecule has 3 aromatic carbocycles. The van der Waals surface area contributed by atoms with E-state index in [9.17, 15) is 18.8 Å². The number of benzene rings is 3. The zero-order chi connectivity index (χ0) is 30.4. The first-order valence-corrected chi connectivity index (χ1v) is 13.9. The lowest BCUT2D eigenvalue weighted by Gasteiger charge is -2.21. The lowest BCUT2D eigenvalue weighted by molar-refractivity contribution is -0.108. The van der Waals surface area contributed by atoms with Crippen molar-refractivity contribution in [2.75, 3.05) is 10.6 Å². The summed E-state index contributed by atoms with van der Waals surface area (Å²) < 4.78 is 21.6. The minimum Gasteiger partial charge on any atom is -0.444 e. The van der Waals surface area contributed by atoms with Crippen LogP contribution in [0.15, 0.2) is 78.9 Å². The Kier molecular flexibility index (Phi) is 9.25. The molecule has 4 aromatic rings. The van der Waals surface area contributed by atoms with Crippen LogP contribution in [0.4, 0.5) is 20.6 Å². The molecule has 0 aliphatic heterocycles. The van der Waals surface area contributed by atoms with Crippen molar-refractivity contribution in [3.8, 4) is 22.4 Å². The third kappa shape index (κ3) is 6.94. The van der Waals surface area contributed by atoms with Gasteiger partial charge in [-0.3, -0.25) is 10.1 Å². The summed E-state index contributed by atoms with van der Waals surface area (Å²) in [5, 5.41) is 5.87. The molecule has 0 spiro atoms. The molecule has 42 heavy (non-hydrogen) atoms. The molecule has 0 saturated carbocycles. The maximum Gasteiger partial charge on any atom is 0.412 e. The van der Waals surface area contributed by atoms with Gasteiger partial charge in [-0.2, -0.15) is 0 Å². The topological polar surface area (TPSA) is 89.4 Å². The number of amides is 2. The van der Waals surface area contributed by atoms with Gasteiger partial charge in [-0.05, 0) is 74.7 Å². The number of aromatic nitrogens is 1. The summed E-state index contributed by atoms with van der Waals surface area (Å²) in [5.74, 6) is -0.878. The van der Waals surface area contributed by atoms with Crippen molar-refractivity contribution >= 4 is 29.7 Å². The first-order chi connectivity index (χ1) is 20.0. The third-order valence-corrected chi connectivity index (χ3v) is 6.53. The van der Waals surface area contributed by atoms with Crippen molar-refractivity contribution in [2.24, 2.45) is 0 Å². The fourth-order valence-corrected chi connectivity index (χ4v) is 4.99. The van der Waals surface area contributed by atoms with Crippen molar-refractivity contribution in [3.05, 3.63) is 95.9 Å². The molecule has 2 N–H and O–H groups in total. The summed E-state index contributed by atoms with van der Waals surface area (Å²) in [6.45, 7) is 9.60. The molecule has 0 atom stereocenters. The van der Waals surface area contributed by atoms with Gasteiger partial charge < -0.3 is 19.4 Å². The van der Waals surface area contributed by atoms with E-state index < -0.39 is 17.5 Å². The van der Waals surface area contributed by atoms with Crippen molar-refractivity contribution in [1.29, 1.82) is 0 Å². The van der Waals surface area contributed by atoms with Gasteiger partial charge in [0.2, 0.25) is 0 Å². The quantitative estimate of drug-likeness (QED) is 0.199. The highest BCUT2D eigenvalue weighted by Crippen LogP contribution is 2.45. The molecule has 8 heteroatoms. The van der Waals surface area contributed by atoms with Crippen molar-refractivity contribution < 1.29 is 23.5 Å². The lowest BCUT2D eigenvalue weighted by atomic mass is 9.93. The average molecular weight is 570 g/mol. The number of hydrogen-bond acceptors (Lipinski definition) is 4.